The molecule has 36 heavy (non-hydrogen) atoms. The van der Waals surface area contributed by atoms with Crippen LogP contribution in [0.1, 0.15) is 22.6 Å². The monoisotopic (exact) mass is 524 g/mol. The number of ketones is 1. The average Bonchev–Trinajstić information content (AvgIpc) is 2.87. The number of benzene rings is 3. The van der Waals surface area contributed by atoms with Gasteiger partial charge in [0.15, 0.2) is 5.82 Å². The Labute approximate surface area is 216 Å². The molecule has 0 radical (unpaired) electrons. The number of hydrogen-bond acceptors (Lipinski definition) is 6. The van der Waals surface area contributed by atoms with Crippen LogP contribution < -0.4 is 4.90 Å². The zero-order valence-electron chi connectivity index (χ0n) is 19.7. The zero-order valence-corrected chi connectivity index (χ0v) is 21.4. The summed E-state index contributed by atoms with van der Waals surface area (Å²) in [6.07, 6.45) is 2.42. The molecule has 0 unspecified atom stereocenters. The quantitative estimate of drug-likeness (QED) is 0.254. The van der Waals surface area contributed by atoms with Gasteiger partial charge in [-0.2, -0.15) is 0 Å². The second-order valence-electron chi connectivity index (χ2n) is 8.12. The maximum Gasteiger partial charge on any atom is 0.242 e. The molecule has 3 aromatic carbocycles. The molecule has 10 heteroatoms. The molecule has 0 bridgehead atoms. The number of amides is 1. The van der Waals surface area contributed by atoms with Gasteiger partial charge in [0.05, 0.1) is 17.9 Å². The smallest absolute Gasteiger partial charge is 0.242 e. The molecule has 1 amide bonds. The molecule has 4 aromatic rings. The highest BCUT2D eigenvalue weighted by atomic mass is 35.5. The molecular weight excluding hydrogens is 500 g/mol. The molecule has 1 heterocycles. The Balaban J connectivity index is 0.00000361. The standard InChI is InChI=1S/C26H24N4O4S.ClH/c1-29(2)35(33,34)23-10-5-9-22(16-23)30(25(32)17-24(31)26-27-13-6-14-28-26)18-19-11-12-20-7-3-4-8-21(20)15-19;/h3-16H,17-18H2,1-2H3;1H. The van der Waals surface area contributed by atoms with Gasteiger partial charge in [-0.15, -0.1) is 12.4 Å². The van der Waals surface area contributed by atoms with E-state index in [0.29, 0.717) is 5.69 Å². The highest BCUT2D eigenvalue weighted by molar-refractivity contribution is 7.89. The number of halogens is 1. The van der Waals surface area contributed by atoms with Gasteiger partial charge in [0.1, 0.15) is 0 Å². The second kappa shape index (κ2) is 11.4. The van der Waals surface area contributed by atoms with Crippen molar-refractivity contribution in [3.8, 4) is 0 Å². The van der Waals surface area contributed by atoms with Gasteiger partial charge in [-0.3, -0.25) is 9.59 Å². The first-order valence-corrected chi connectivity index (χ1v) is 12.3. The van der Waals surface area contributed by atoms with Crippen molar-refractivity contribution in [1.82, 2.24) is 14.3 Å². The van der Waals surface area contributed by atoms with Crippen LogP contribution in [0.4, 0.5) is 5.69 Å². The van der Waals surface area contributed by atoms with Crippen molar-refractivity contribution in [1.29, 1.82) is 0 Å². The molecule has 0 aliphatic rings. The van der Waals surface area contributed by atoms with E-state index < -0.39 is 28.1 Å². The van der Waals surface area contributed by atoms with E-state index in [9.17, 15) is 18.0 Å². The third-order valence-electron chi connectivity index (χ3n) is 5.49. The summed E-state index contributed by atoms with van der Waals surface area (Å²) in [5.41, 5.74) is 1.20. The van der Waals surface area contributed by atoms with Crippen LogP contribution in [0.2, 0.25) is 0 Å². The topological polar surface area (TPSA) is 101 Å². The summed E-state index contributed by atoms with van der Waals surface area (Å²) in [5.74, 6) is -1.05. The Bertz CT molecular complexity index is 1490. The summed E-state index contributed by atoms with van der Waals surface area (Å²) < 4.78 is 26.5. The number of carbonyl (C=O) groups is 2. The van der Waals surface area contributed by atoms with Crippen LogP contribution in [0.3, 0.4) is 0 Å². The van der Waals surface area contributed by atoms with Crippen LogP contribution in [0.5, 0.6) is 0 Å². The van der Waals surface area contributed by atoms with Crippen LogP contribution in [0.25, 0.3) is 10.8 Å². The van der Waals surface area contributed by atoms with Gasteiger partial charge in [0.2, 0.25) is 21.7 Å². The molecule has 0 fully saturated rings. The fourth-order valence-electron chi connectivity index (χ4n) is 3.62. The fraction of sp³-hybridized carbons (Fsp3) is 0.154. The van der Waals surface area contributed by atoms with Crippen molar-refractivity contribution in [3.63, 3.8) is 0 Å². The maximum atomic E-state index is 13.4. The lowest BCUT2D eigenvalue weighted by molar-refractivity contribution is -0.117. The minimum atomic E-state index is -3.72. The van der Waals surface area contributed by atoms with Crippen molar-refractivity contribution in [2.45, 2.75) is 17.9 Å². The average molecular weight is 525 g/mol. The number of Topliss-reactive ketones (excluding diaryl/α,β-unsaturated/α-hetero) is 1. The largest absolute Gasteiger partial charge is 0.308 e. The van der Waals surface area contributed by atoms with Crippen molar-refractivity contribution in [2.24, 2.45) is 0 Å². The molecule has 0 aliphatic heterocycles. The molecule has 0 N–H and O–H groups in total. The van der Waals surface area contributed by atoms with E-state index in [4.69, 9.17) is 0 Å². The minimum Gasteiger partial charge on any atom is -0.308 e. The van der Waals surface area contributed by atoms with Crippen LogP contribution in [-0.4, -0.2) is 48.5 Å². The van der Waals surface area contributed by atoms with E-state index in [0.717, 1.165) is 20.6 Å². The summed E-state index contributed by atoms with van der Waals surface area (Å²) in [5, 5.41) is 2.07. The third-order valence-corrected chi connectivity index (χ3v) is 7.30. The number of sulfonamides is 1. The van der Waals surface area contributed by atoms with E-state index in [1.165, 1.54) is 43.5 Å². The summed E-state index contributed by atoms with van der Waals surface area (Å²) in [4.78, 5) is 35.4. The van der Waals surface area contributed by atoms with Gasteiger partial charge >= 0.3 is 0 Å². The first-order valence-electron chi connectivity index (χ1n) is 10.9. The van der Waals surface area contributed by atoms with Gasteiger partial charge in [0, 0.05) is 32.2 Å². The Hall–Kier alpha value is -3.66. The van der Waals surface area contributed by atoms with Gasteiger partial charge in [-0.1, -0.05) is 42.5 Å². The maximum absolute atomic E-state index is 13.4. The number of fused-ring (bicyclic) bond motifs is 1. The van der Waals surface area contributed by atoms with E-state index in [1.54, 1.807) is 18.2 Å². The van der Waals surface area contributed by atoms with Crippen LogP contribution in [0.15, 0.2) is 90.1 Å². The summed E-state index contributed by atoms with van der Waals surface area (Å²) in [6.45, 7) is 0.151. The normalized spacial score (nSPS) is 11.2. The predicted octanol–water partition coefficient (Wildman–Crippen LogP) is 4.11. The second-order valence-corrected chi connectivity index (χ2v) is 10.3. The summed E-state index contributed by atoms with van der Waals surface area (Å²) >= 11 is 0. The zero-order chi connectivity index (χ0) is 25.0. The van der Waals surface area contributed by atoms with Crippen LogP contribution >= 0.6 is 12.4 Å². The molecule has 0 aliphatic carbocycles. The lowest BCUT2D eigenvalue weighted by Crippen LogP contribution is -2.32. The molecule has 8 nitrogen and oxygen atoms in total. The van der Waals surface area contributed by atoms with E-state index in [2.05, 4.69) is 9.97 Å². The van der Waals surface area contributed by atoms with Gasteiger partial charge < -0.3 is 4.90 Å². The number of anilines is 1. The summed E-state index contributed by atoms with van der Waals surface area (Å²) in [7, 11) is -0.832. The molecule has 0 spiro atoms. The van der Waals surface area contributed by atoms with Crippen molar-refractivity contribution >= 4 is 50.6 Å². The first-order chi connectivity index (χ1) is 16.8. The van der Waals surface area contributed by atoms with Crippen molar-refractivity contribution in [3.05, 3.63) is 96.6 Å². The Kier molecular flexibility index (Phi) is 8.52. The molecule has 0 saturated heterocycles. The van der Waals surface area contributed by atoms with Crippen LogP contribution in [0, 0.1) is 0 Å². The molecular formula is C26H25ClN4O4S. The number of nitrogens with zero attached hydrogens (tertiary/aromatic N) is 4. The molecule has 1 aromatic heterocycles. The minimum absolute atomic E-state index is 0. The lowest BCUT2D eigenvalue weighted by atomic mass is 10.1. The molecule has 186 valence electrons. The Morgan fingerprint density at radius 1 is 0.833 bits per heavy atom. The van der Waals surface area contributed by atoms with E-state index >= 15 is 0 Å². The Morgan fingerprint density at radius 2 is 1.53 bits per heavy atom. The fourth-order valence-corrected chi connectivity index (χ4v) is 4.56. The number of hydrogen-bond donors (Lipinski definition) is 0. The van der Waals surface area contributed by atoms with E-state index in [1.807, 2.05) is 42.5 Å². The van der Waals surface area contributed by atoms with Crippen molar-refractivity contribution in [2.75, 3.05) is 19.0 Å². The van der Waals surface area contributed by atoms with E-state index in [-0.39, 0.29) is 29.7 Å². The van der Waals surface area contributed by atoms with Gasteiger partial charge in [0.25, 0.3) is 0 Å². The lowest BCUT2D eigenvalue weighted by Gasteiger charge is -2.24. The predicted molar refractivity (Wildman–Crippen MR) is 141 cm³/mol. The van der Waals surface area contributed by atoms with Crippen LogP contribution in [-0.2, 0) is 21.4 Å². The molecule has 4 rings (SSSR count). The van der Waals surface area contributed by atoms with Gasteiger partial charge in [-0.25, -0.2) is 22.7 Å². The first kappa shape index (κ1) is 26.9. The van der Waals surface area contributed by atoms with Gasteiger partial charge in [-0.05, 0) is 46.7 Å². The highest BCUT2D eigenvalue weighted by Gasteiger charge is 2.24. The third kappa shape index (κ3) is 5.93. The Morgan fingerprint density at radius 3 is 2.22 bits per heavy atom. The number of rotatable bonds is 8. The summed E-state index contributed by atoms with van der Waals surface area (Å²) in [6, 6.07) is 21.4. The highest BCUT2D eigenvalue weighted by Crippen LogP contribution is 2.25. The molecule has 0 saturated carbocycles. The molecule has 0 atom stereocenters. The number of aromatic nitrogens is 2. The van der Waals surface area contributed by atoms with Crippen molar-refractivity contribution < 1.29 is 18.0 Å². The SMILES string of the molecule is CN(C)S(=O)(=O)c1cccc(N(Cc2ccc3ccccc3c2)C(=O)CC(=O)c2ncccn2)c1.Cl. The number of carbonyl (C=O) groups excluding carboxylic acids is 2.